The highest BCUT2D eigenvalue weighted by molar-refractivity contribution is 6.35. The summed E-state index contributed by atoms with van der Waals surface area (Å²) < 4.78 is 73.6. The summed E-state index contributed by atoms with van der Waals surface area (Å²) in [5.74, 6) is -0.423. The zero-order chi connectivity index (χ0) is 24.2. The molecule has 4 nitrogen and oxygen atoms in total. The number of halogens is 6. The second-order valence-corrected chi connectivity index (χ2v) is 7.48. The van der Waals surface area contributed by atoms with Gasteiger partial charge in [0.15, 0.2) is 0 Å². The second kappa shape index (κ2) is 10.1. The summed E-state index contributed by atoms with van der Waals surface area (Å²) in [5, 5.41) is 4.84. The van der Waals surface area contributed by atoms with E-state index < -0.39 is 13.2 Å². The van der Waals surface area contributed by atoms with E-state index >= 15 is 0 Å². The molecule has 1 heterocycles. The lowest BCUT2D eigenvalue weighted by atomic mass is 10.1. The average molecular weight is 495 g/mol. The first kappa shape index (κ1) is 23.6. The molecule has 0 N–H and O–H groups in total. The molecule has 0 aliphatic rings. The van der Waals surface area contributed by atoms with E-state index in [1.165, 1.54) is 48.5 Å². The molecular weight excluding hydrogens is 479 g/mol. The number of rotatable bonds is 8. The standard InChI is InChI=1S/C24H16ClF5N2O2/c25-20-21(15-3-9-18(10-4-15)33-23(27)28)31-32(13-14-1-7-17(26)8-2-14)22(20)16-5-11-19(12-6-16)34-24(29)30/h1-12,23-24H,13H2. The van der Waals surface area contributed by atoms with Crippen LogP contribution in [0.3, 0.4) is 0 Å². The summed E-state index contributed by atoms with van der Waals surface area (Å²) in [4.78, 5) is 0. The molecule has 0 amide bonds. The first-order valence-electron chi connectivity index (χ1n) is 9.91. The zero-order valence-corrected chi connectivity index (χ0v) is 18.0. The summed E-state index contributed by atoms with van der Waals surface area (Å²) in [7, 11) is 0. The van der Waals surface area contributed by atoms with Gasteiger partial charge in [0.25, 0.3) is 0 Å². The first-order valence-corrected chi connectivity index (χ1v) is 10.3. The van der Waals surface area contributed by atoms with Crippen LogP contribution in [-0.4, -0.2) is 23.0 Å². The Bertz CT molecular complexity index is 1240. The average Bonchev–Trinajstić information content (AvgIpc) is 3.11. The Morgan fingerprint density at radius 2 is 1.24 bits per heavy atom. The Hall–Kier alpha value is -3.59. The van der Waals surface area contributed by atoms with Crippen molar-refractivity contribution < 1.29 is 31.4 Å². The van der Waals surface area contributed by atoms with Gasteiger partial charge in [0.05, 0.1) is 17.3 Å². The van der Waals surface area contributed by atoms with Crippen LogP contribution >= 0.6 is 11.6 Å². The van der Waals surface area contributed by atoms with Crippen molar-refractivity contribution in [3.05, 3.63) is 89.2 Å². The third-order valence-electron chi connectivity index (χ3n) is 4.85. The van der Waals surface area contributed by atoms with E-state index in [4.69, 9.17) is 11.6 Å². The van der Waals surface area contributed by atoms with E-state index in [0.29, 0.717) is 22.5 Å². The van der Waals surface area contributed by atoms with Gasteiger partial charge < -0.3 is 9.47 Å². The quantitative estimate of drug-likeness (QED) is 0.242. The summed E-state index contributed by atoms with van der Waals surface area (Å²) in [6.07, 6.45) is 0. The Morgan fingerprint density at radius 3 is 1.74 bits per heavy atom. The molecule has 0 spiro atoms. The van der Waals surface area contributed by atoms with Crippen molar-refractivity contribution in [1.82, 2.24) is 9.78 Å². The topological polar surface area (TPSA) is 36.3 Å². The molecule has 0 radical (unpaired) electrons. The van der Waals surface area contributed by atoms with Gasteiger partial charge in [0, 0.05) is 11.1 Å². The molecule has 0 atom stereocenters. The molecule has 0 aliphatic carbocycles. The van der Waals surface area contributed by atoms with Crippen molar-refractivity contribution in [3.8, 4) is 34.0 Å². The summed E-state index contributed by atoms with van der Waals surface area (Å²) in [6, 6.07) is 17.5. The fourth-order valence-electron chi connectivity index (χ4n) is 3.37. The van der Waals surface area contributed by atoms with Gasteiger partial charge in [-0.15, -0.1) is 0 Å². The van der Waals surface area contributed by atoms with Gasteiger partial charge in [0.1, 0.15) is 23.0 Å². The number of alkyl halides is 4. The van der Waals surface area contributed by atoms with E-state index in [1.807, 2.05) is 0 Å². The molecule has 0 saturated carbocycles. The molecule has 4 aromatic rings. The lowest BCUT2D eigenvalue weighted by Crippen LogP contribution is -2.05. The second-order valence-electron chi connectivity index (χ2n) is 7.10. The number of hydrogen-bond donors (Lipinski definition) is 0. The fourth-order valence-corrected chi connectivity index (χ4v) is 3.72. The van der Waals surface area contributed by atoms with Gasteiger partial charge >= 0.3 is 13.2 Å². The van der Waals surface area contributed by atoms with Crippen LogP contribution in [-0.2, 0) is 6.54 Å². The van der Waals surface area contributed by atoms with Crippen LogP contribution in [0.15, 0.2) is 72.8 Å². The van der Waals surface area contributed by atoms with E-state index in [-0.39, 0.29) is 28.9 Å². The molecule has 10 heteroatoms. The van der Waals surface area contributed by atoms with Crippen LogP contribution < -0.4 is 9.47 Å². The maximum absolute atomic E-state index is 13.3. The summed E-state index contributed by atoms with van der Waals surface area (Å²) >= 11 is 6.69. The van der Waals surface area contributed by atoms with E-state index in [0.717, 1.165) is 5.56 Å². The van der Waals surface area contributed by atoms with Crippen LogP contribution in [0.1, 0.15) is 5.56 Å². The monoisotopic (exact) mass is 494 g/mol. The molecule has 0 unspecified atom stereocenters. The van der Waals surface area contributed by atoms with Crippen LogP contribution in [0.5, 0.6) is 11.5 Å². The molecule has 4 rings (SSSR count). The third-order valence-corrected chi connectivity index (χ3v) is 5.20. The van der Waals surface area contributed by atoms with E-state index in [1.54, 1.807) is 28.9 Å². The van der Waals surface area contributed by atoms with Gasteiger partial charge in [-0.2, -0.15) is 22.7 Å². The van der Waals surface area contributed by atoms with E-state index in [9.17, 15) is 22.0 Å². The Kier molecular flexibility index (Phi) is 7.02. The minimum Gasteiger partial charge on any atom is -0.435 e. The molecule has 34 heavy (non-hydrogen) atoms. The smallest absolute Gasteiger partial charge is 0.387 e. The highest BCUT2D eigenvalue weighted by Gasteiger charge is 2.20. The highest BCUT2D eigenvalue weighted by atomic mass is 35.5. The van der Waals surface area contributed by atoms with Crippen LogP contribution in [0.25, 0.3) is 22.5 Å². The van der Waals surface area contributed by atoms with Gasteiger partial charge in [-0.05, 0) is 66.2 Å². The first-order chi connectivity index (χ1) is 16.3. The van der Waals surface area contributed by atoms with Crippen LogP contribution in [0.4, 0.5) is 22.0 Å². The number of aromatic nitrogens is 2. The van der Waals surface area contributed by atoms with Gasteiger partial charge in [-0.25, -0.2) is 4.39 Å². The van der Waals surface area contributed by atoms with Crippen LogP contribution in [0, 0.1) is 5.82 Å². The fraction of sp³-hybridized carbons (Fsp3) is 0.125. The Labute approximate surface area is 196 Å². The highest BCUT2D eigenvalue weighted by Crippen LogP contribution is 2.38. The largest absolute Gasteiger partial charge is 0.435 e. The molecule has 1 aromatic heterocycles. The predicted molar refractivity (Wildman–Crippen MR) is 117 cm³/mol. The molecular formula is C24H16ClF5N2O2. The Morgan fingerprint density at radius 1 is 0.735 bits per heavy atom. The van der Waals surface area contributed by atoms with Crippen molar-refractivity contribution >= 4 is 11.6 Å². The number of hydrogen-bond acceptors (Lipinski definition) is 3. The summed E-state index contributed by atoms with van der Waals surface area (Å²) in [5.41, 5.74) is 2.72. The molecule has 0 bridgehead atoms. The van der Waals surface area contributed by atoms with Crippen LogP contribution in [0.2, 0.25) is 5.02 Å². The molecule has 0 saturated heterocycles. The minimum atomic E-state index is -2.96. The van der Waals surface area contributed by atoms with Gasteiger partial charge in [-0.3, -0.25) is 4.68 Å². The normalized spacial score (nSPS) is 11.3. The Balaban J connectivity index is 1.75. The molecule has 3 aromatic carbocycles. The zero-order valence-electron chi connectivity index (χ0n) is 17.3. The van der Waals surface area contributed by atoms with Crippen molar-refractivity contribution in [2.75, 3.05) is 0 Å². The lowest BCUT2D eigenvalue weighted by molar-refractivity contribution is -0.0505. The number of benzene rings is 3. The van der Waals surface area contributed by atoms with Crippen molar-refractivity contribution in [3.63, 3.8) is 0 Å². The SMILES string of the molecule is Fc1ccc(Cn2nc(-c3ccc(OC(F)F)cc3)c(Cl)c2-c2ccc(OC(F)F)cc2)cc1. The van der Waals surface area contributed by atoms with E-state index in [2.05, 4.69) is 14.6 Å². The van der Waals surface area contributed by atoms with Crippen molar-refractivity contribution in [2.24, 2.45) is 0 Å². The van der Waals surface area contributed by atoms with Gasteiger partial charge in [-0.1, -0.05) is 23.7 Å². The lowest BCUT2D eigenvalue weighted by Gasteiger charge is -2.10. The predicted octanol–water partition coefficient (Wildman–Crippen LogP) is 7.26. The minimum absolute atomic E-state index is 0.0181. The summed E-state index contributed by atoms with van der Waals surface area (Å²) in [6.45, 7) is -5.67. The maximum atomic E-state index is 13.3. The number of nitrogens with zero attached hydrogens (tertiary/aromatic N) is 2. The number of ether oxygens (including phenoxy) is 2. The van der Waals surface area contributed by atoms with Crippen molar-refractivity contribution in [2.45, 2.75) is 19.8 Å². The third kappa shape index (κ3) is 5.48. The van der Waals surface area contributed by atoms with Crippen molar-refractivity contribution in [1.29, 1.82) is 0 Å². The maximum Gasteiger partial charge on any atom is 0.387 e. The molecule has 176 valence electrons. The van der Waals surface area contributed by atoms with Gasteiger partial charge in [0.2, 0.25) is 0 Å². The molecule has 0 fully saturated rings. The molecule has 0 aliphatic heterocycles.